The Kier molecular flexibility index (Phi) is 2.92. The largest absolute Gasteiger partial charge is 0.485 e. The molecule has 0 aromatic heterocycles. The van der Waals surface area contributed by atoms with Gasteiger partial charge in [-0.15, -0.1) is 0 Å². The maximum atomic E-state index is 11.4. The highest BCUT2D eigenvalue weighted by Crippen LogP contribution is 2.27. The first-order valence-corrected chi connectivity index (χ1v) is 5.16. The van der Waals surface area contributed by atoms with Crippen LogP contribution in [-0.2, 0) is 4.79 Å². The van der Waals surface area contributed by atoms with Crippen molar-refractivity contribution in [1.29, 1.82) is 0 Å². The number of carbonyl (C=O) groups is 1. The van der Waals surface area contributed by atoms with Crippen LogP contribution in [0.15, 0.2) is 30.3 Å². The first kappa shape index (κ1) is 10.7. The van der Waals surface area contributed by atoms with Crippen molar-refractivity contribution in [2.24, 2.45) is 11.8 Å². The molecule has 4 heteroatoms. The summed E-state index contributed by atoms with van der Waals surface area (Å²) in [6, 6.07) is 7.71. The highest BCUT2D eigenvalue weighted by atomic mass is 16.5. The van der Waals surface area contributed by atoms with Gasteiger partial charge >= 0.3 is 0 Å². The van der Waals surface area contributed by atoms with E-state index in [2.05, 4.69) is 5.43 Å². The highest BCUT2D eigenvalue weighted by Gasteiger charge is 2.25. The van der Waals surface area contributed by atoms with Gasteiger partial charge in [0.25, 0.3) is 0 Å². The first-order valence-electron chi connectivity index (χ1n) is 5.16. The minimum Gasteiger partial charge on any atom is -0.485 e. The molecule has 0 fully saturated rings. The van der Waals surface area contributed by atoms with Crippen LogP contribution in [0.4, 0.5) is 0 Å². The Labute approximate surface area is 94.1 Å². The van der Waals surface area contributed by atoms with Gasteiger partial charge < -0.3 is 4.74 Å². The summed E-state index contributed by atoms with van der Waals surface area (Å²) in [4.78, 5) is 11.4. The number of carbonyl (C=O) groups excluding carboxylic acids is 1. The van der Waals surface area contributed by atoms with Gasteiger partial charge in [0.2, 0.25) is 5.91 Å². The highest BCUT2D eigenvalue weighted by molar-refractivity contribution is 5.79. The molecule has 2 rings (SSSR count). The quantitative estimate of drug-likeness (QED) is 0.443. The number of fused-ring (bicyclic) bond motifs is 1. The van der Waals surface area contributed by atoms with E-state index >= 15 is 0 Å². The molecule has 1 aliphatic heterocycles. The lowest BCUT2D eigenvalue weighted by Crippen LogP contribution is -2.41. The first-order chi connectivity index (χ1) is 7.72. The van der Waals surface area contributed by atoms with Crippen LogP contribution in [-0.4, -0.2) is 12.0 Å². The van der Waals surface area contributed by atoms with Crippen LogP contribution in [0.2, 0.25) is 0 Å². The zero-order valence-electron chi connectivity index (χ0n) is 9.01. The third-order valence-corrected chi connectivity index (χ3v) is 2.70. The Morgan fingerprint density at radius 3 is 3.00 bits per heavy atom. The predicted molar refractivity (Wildman–Crippen MR) is 61.4 cm³/mol. The number of nitrogens with two attached hydrogens (primary N) is 1. The summed E-state index contributed by atoms with van der Waals surface area (Å²) in [5.41, 5.74) is 3.16. The molecular weight excluding hydrogens is 204 g/mol. The van der Waals surface area contributed by atoms with E-state index in [1.165, 1.54) is 0 Å². The van der Waals surface area contributed by atoms with Crippen LogP contribution in [0.1, 0.15) is 12.5 Å². The Bertz CT molecular complexity index is 429. The Morgan fingerprint density at radius 2 is 2.25 bits per heavy atom. The number of hydrogen-bond donors (Lipinski definition) is 2. The average Bonchev–Trinajstić information content (AvgIpc) is 2.36. The summed E-state index contributed by atoms with van der Waals surface area (Å²) in [6.07, 6.45) is 3.57. The van der Waals surface area contributed by atoms with E-state index in [0.29, 0.717) is 0 Å². The molecule has 1 aromatic rings. The minimum absolute atomic E-state index is 0.228. The summed E-state index contributed by atoms with van der Waals surface area (Å²) >= 11 is 0. The lowest BCUT2D eigenvalue weighted by molar-refractivity contribution is -0.126. The van der Waals surface area contributed by atoms with Crippen LogP contribution in [0.25, 0.3) is 6.08 Å². The number of rotatable bonds is 2. The summed E-state index contributed by atoms with van der Waals surface area (Å²) in [6.45, 7) is 1.78. The molecule has 0 radical (unpaired) electrons. The summed E-state index contributed by atoms with van der Waals surface area (Å²) < 4.78 is 5.71. The van der Waals surface area contributed by atoms with Crippen molar-refractivity contribution in [3.63, 3.8) is 0 Å². The van der Waals surface area contributed by atoms with Gasteiger partial charge in [-0.2, -0.15) is 0 Å². The zero-order chi connectivity index (χ0) is 11.5. The van der Waals surface area contributed by atoms with Gasteiger partial charge in [0.15, 0.2) is 0 Å². The monoisotopic (exact) mass is 218 g/mol. The molecule has 0 saturated carbocycles. The molecule has 1 aromatic carbocycles. The minimum atomic E-state index is -0.311. The van der Waals surface area contributed by atoms with Gasteiger partial charge in [0.05, 0.1) is 5.92 Å². The SMILES string of the molecule is CC(C(=O)NN)C1C=Cc2ccccc2O1. The molecule has 2 atom stereocenters. The summed E-state index contributed by atoms with van der Waals surface area (Å²) in [5.74, 6) is 5.35. The summed E-state index contributed by atoms with van der Waals surface area (Å²) in [5, 5.41) is 0. The number of hydrogen-bond acceptors (Lipinski definition) is 3. The molecule has 0 bridgehead atoms. The smallest absolute Gasteiger partial charge is 0.240 e. The van der Waals surface area contributed by atoms with Crippen LogP contribution in [0, 0.1) is 5.92 Å². The van der Waals surface area contributed by atoms with Crippen LogP contribution in [0.3, 0.4) is 0 Å². The Morgan fingerprint density at radius 1 is 1.50 bits per heavy atom. The molecule has 0 aliphatic carbocycles. The second-order valence-electron chi connectivity index (χ2n) is 3.78. The third-order valence-electron chi connectivity index (χ3n) is 2.70. The fourth-order valence-corrected chi connectivity index (χ4v) is 1.66. The number of benzene rings is 1. The zero-order valence-corrected chi connectivity index (χ0v) is 9.01. The molecule has 1 amide bonds. The molecular formula is C12H14N2O2. The van der Waals surface area contributed by atoms with Gasteiger partial charge in [-0.25, -0.2) is 5.84 Å². The number of amides is 1. The van der Waals surface area contributed by atoms with Gasteiger partial charge in [0.1, 0.15) is 11.9 Å². The maximum absolute atomic E-state index is 11.4. The standard InChI is InChI=1S/C12H14N2O2/c1-8(12(15)14-13)10-7-6-9-4-2-3-5-11(9)16-10/h2-8,10H,13H2,1H3,(H,14,15). The normalized spacial score (nSPS) is 19.5. The topological polar surface area (TPSA) is 64.4 Å². The van der Waals surface area contributed by atoms with Gasteiger partial charge in [-0.3, -0.25) is 10.2 Å². The maximum Gasteiger partial charge on any atom is 0.240 e. The fraction of sp³-hybridized carbons (Fsp3) is 0.250. The van der Waals surface area contributed by atoms with Crippen molar-refractivity contribution in [2.75, 3.05) is 0 Å². The van der Waals surface area contributed by atoms with E-state index in [-0.39, 0.29) is 17.9 Å². The van der Waals surface area contributed by atoms with Crippen LogP contribution >= 0.6 is 0 Å². The Balaban J connectivity index is 2.17. The number of ether oxygens (including phenoxy) is 1. The molecule has 0 spiro atoms. The molecule has 16 heavy (non-hydrogen) atoms. The van der Waals surface area contributed by atoms with Crippen molar-refractivity contribution in [2.45, 2.75) is 13.0 Å². The van der Waals surface area contributed by atoms with Gasteiger partial charge in [0, 0.05) is 5.56 Å². The molecule has 4 nitrogen and oxygen atoms in total. The van der Waals surface area contributed by atoms with Crippen molar-refractivity contribution in [3.05, 3.63) is 35.9 Å². The number of hydrazine groups is 1. The molecule has 0 saturated heterocycles. The fourth-order valence-electron chi connectivity index (χ4n) is 1.66. The lowest BCUT2D eigenvalue weighted by atomic mass is 10.00. The van der Waals surface area contributed by atoms with E-state index in [0.717, 1.165) is 11.3 Å². The predicted octanol–water partition coefficient (Wildman–Crippen LogP) is 1.09. The molecule has 2 unspecified atom stereocenters. The van der Waals surface area contributed by atoms with Gasteiger partial charge in [-0.05, 0) is 19.1 Å². The second kappa shape index (κ2) is 4.37. The van der Waals surface area contributed by atoms with Gasteiger partial charge in [-0.1, -0.05) is 24.3 Å². The molecule has 1 heterocycles. The molecule has 84 valence electrons. The van der Waals surface area contributed by atoms with E-state index in [1.54, 1.807) is 6.92 Å². The van der Waals surface area contributed by atoms with Crippen LogP contribution in [0.5, 0.6) is 5.75 Å². The van der Waals surface area contributed by atoms with E-state index in [1.807, 2.05) is 36.4 Å². The molecule has 3 N–H and O–H groups in total. The van der Waals surface area contributed by atoms with Crippen molar-refractivity contribution < 1.29 is 9.53 Å². The van der Waals surface area contributed by atoms with Crippen molar-refractivity contribution >= 4 is 12.0 Å². The lowest BCUT2D eigenvalue weighted by Gasteiger charge is -2.25. The van der Waals surface area contributed by atoms with Crippen molar-refractivity contribution in [1.82, 2.24) is 5.43 Å². The summed E-state index contributed by atoms with van der Waals surface area (Å²) in [7, 11) is 0. The number of para-hydroxylation sites is 1. The third kappa shape index (κ3) is 1.92. The van der Waals surface area contributed by atoms with E-state index < -0.39 is 0 Å². The van der Waals surface area contributed by atoms with E-state index in [9.17, 15) is 4.79 Å². The van der Waals surface area contributed by atoms with E-state index in [4.69, 9.17) is 10.6 Å². The number of nitrogens with one attached hydrogen (secondary N) is 1. The average molecular weight is 218 g/mol. The van der Waals surface area contributed by atoms with Crippen molar-refractivity contribution in [3.8, 4) is 5.75 Å². The molecule has 1 aliphatic rings. The Hall–Kier alpha value is -1.81. The second-order valence-corrected chi connectivity index (χ2v) is 3.78. The van der Waals surface area contributed by atoms with Crippen LogP contribution < -0.4 is 16.0 Å².